The maximum Gasteiger partial charge on any atom is 0.181 e. The third-order valence-corrected chi connectivity index (χ3v) is 3.74. The standard InChI is InChI=1S/C11H12ClFN4O3/c1-11(13)7(19)5(2-18)20-10(11)17-4-16-6-8(12)14-3-15-9(6)17/h3-5,7,10,18-19H,2H2,1H3/t5?,7-,10+,11?/m0/s1. The summed E-state index contributed by atoms with van der Waals surface area (Å²) in [6.07, 6.45) is -1.07. The van der Waals surface area contributed by atoms with Crippen molar-refractivity contribution in [2.24, 2.45) is 0 Å². The Kier molecular flexibility index (Phi) is 3.13. The van der Waals surface area contributed by atoms with Gasteiger partial charge >= 0.3 is 0 Å². The smallest absolute Gasteiger partial charge is 0.181 e. The van der Waals surface area contributed by atoms with Crippen molar-refractivity contribution in [3.63, 3.8) is 0 Å². The summed E-state index contributed by atoms with van der Waals surface area (Å²) in [5.74, 6) is 0. The van der Waals surface area contributed by atoms with Crippen molar-refractivity contribution >= 4 is 22.8 Å². The molecule has 20 heavy (non-hydrogen) atoms. The number of halogens is 2. The topological polar surface area (TPSA) is 93.3 Å². The summed E-state index contributed by atoms with van der Waals surface area (Å²) in [4.78, 5) is 11.8. The summed E-state index contributed by atoms with van der Waals surface area (Å²) < 4.78 is 21.4. The molecule has 2 aromatic rings. The molecule has 4 atom stereocenters. The fourth-order valence-corrected chi connectivity index (χ4v) is 2.53. The molecule has 1 aliphatic heterocycles. The Labute approximate surface area is 118 Å². The van der Waals surface area contributed by atoms with E-state index in [1.807, 2.05) is 0 Å². The summed E-state index contributed by atoms with van der Waals surface area (Å²) in [6.45, 7) is 0.714. The van der Waals surface area contributed by atoms with Gasteiger partial charge in [0, 0.05) is 0 Å². The second kappa shape index (κ2) is 4.59. The summed E-state index contributed by atoms with van der Waals surface area (Å²) in [5.41, 5.74) is -1.49. The minimum atomic E-state index is -2.10. The molecule has 0 saturated carbocycles. The van der Waals surface area contributed by atoms with E-state index in [1.54, 1.807) is 0 Å². The van der Waals surface area contributed by atoms with Gasteiger partial charge in [0.2, 0.25) is 0 Å². The van der Waals surface area contributed by atoms with Crippen LogP contribution in [0.25, 0.3) is 11.2 Å². The Balaban J connectivity index is 2.10. The van der Waals surface area contributed by atoms with Crippen LogP contribution in [0.3, 0.4) is 0 Å². The van der Waals surface area contributed by atoms with Crippen LogP contribution in [-0.4, -0.2) is 54.2 Å². The third kappa shape index (κ3) is 1.80. The minimum Gasteiger partial charge on any atom is -0.394 e. The number of aliphatic hydroxyl groups is 2. The Hall–Kier alpha value is -1.35. The Bertz CT molecular complexity index is 650. The van der Waals surface area contributed by atoms with Crippen LogP contribution in [0.4, 0.5) is 4.39 Å². The molecule has 1 fully saturated rings. The molecule has 0 aromatic carbocycles. The first-order valence-electron chi connectivity index (χ1n) is 5.93. The molecule has 0 amide bonds. The maximum absolute atomic E-state index is 14.7. The highest BCUT2D eigenvalue weighted by molar-refractivity contribution is 6.33. The normalized spacial score (nSPS) is 34.0. The molecule has 9 heteroatoms. The van der Waals surface area contributed by atoms with E-state index in [4.69, 9.17) is 21.4 Å². The van der Waals surface area contributed by atoms with Gasteiger partial charge in [-0.05, 0) is 6.92 Å². The molecule has 1 aliphatic rings. The van der Waals surface area contributed by atoms with Crippen molar-refractivity contribution in [1.29, 1.82) is 0 Å². The lowest BCUT2D eigenvalue weighted by Crippen LogP contribution is -2.40. The lowest BCUT2D eigenvalue weighted by Gasteiger charge is -2.24. The van der Waals surface area contributed by atoms with E-state index in [1.165, 1.54) is 24.1 Å². The summed E-state index contributed by atoms with van der Waals surface area (Å²) in [5, 5.41) is 19.1. The molecule has 108 valence electrons. The SMILES string of the molecule is CC1(F)[C@@H](O)C(CO)O[C@H]1n1cnc2c(Cl)ncnc21. The molecule has 2 N–H and O–H groups in total. The molecule has 3 heterocycles. The number of aromatic nitrogens is 4. The van der Waals surface area contributed by atoms with Crippen molar-refractivity contribution in [2.45, 2.75) is 31.0 Å². The van der Waals surface area contributed by atoms with Gasteiger partial charge in [0.15, 0.2) is 22.7 Å². The van der Waals surface area contributed by atoms with E-state index in [2.05, 4.69) is 15.0 Å². The average Bonchev–Trinajstić information content (AvgIpc) is 2.92. The van der Waals surface area contributed by atoms with Gasteiger partial charge in [-0.25, -0.2) is 19.3 Å². The summed E-state index contributed by atoms with van der Waals surface area (Å²) in [7, 11) is 0. The quantitative estimate of drug-likeness (QED) is 0.783. The van der Waals surface area contributed by atoms with E-state index < -0.39 is 30.7 Å². The highest BCUT2D eigenvalue weighted by Crippen LogP contribution is 2.42. The average molecular weight is 303 g/mol. The number of fused-ring (bicyclic) bond motifs is 1. The van der Waals surface area contributed by atoms with Crippen LogP contribution < -0.4 is 0 Å². The van der Waals surface area contributed by atoms with E-state index in [0.29, 0.717) is 11.2 Å². The molecule has 2 unspecified atom stereocenters. The fourth-order valence-electron chi connectivity index (χ4n) is 2.36. The Morgan fingerprint density at radius 1 is 1.50 bits per heavy atom. The van der Waals surface area contributed by atoms with Crippen LogP contribution in [0.2, 0.25) is 5.15 Å². The van der Waals surface area contributed by atoms with E-state index in [-0.39, 0.29) is 5.15 Å². The van der Waals surface area contributed by atoms with Crippen LogP contribution in [0.15, 0.2) is 12.7 Å². The van der Waals surface area contributed by atoms with Crippen molar-refractivity contribution < 1.29 is 19.3 Å². The molecular weight excluding hydrogens is 291 g/mol. The van der Waals surface area contributed by atoms with Crippen LogP contribution in [0.1, 0.15) is 13.2 Å². The van der Waals surface area contributed by atoms with Crippen LogP contribution in [-0.2, 0) is 4.74 Å². The maximum atomic E-state index is 14.7. The lowest BCUT2D eigenvalue weighted by atomic mass is 9.99. The summed E-state index contributed by atoms with van der Waals surface area (Å²) >= 11 is 5.88. The summed E-state index contributed by atoms with van der Waals surface area (Å²) in [6, 6.07) is 0. The Morgan fingerprint density at radius 3 is 2.90 bits per heavy atom. The molecule has 0 radical (unpaired) electrons. The molecule has 3 rings (SSSR count). The predicted molar refractivity (Wildman–Crippen MR) is 66.8 cm³/mol. The van der Waals surface area contributed by atoms with Gasteiger partial charge < -0.3 is 14.9 Å². The van der Waals surface area contributed by atoms with Crippen molar-refractivity contribution in [3.05, 3.63) is 17.8 Å². The van der Waals surface area contributed by atoms with Gasteiger partial charge in [-0.15, -0.1) is 0 Å². The zero-order valence-electron chi connectivity index (χ0n) is 10.4. The first-order chi connectivity index (χ1) is 9.46. The lowest BCUT2D eigenvalue weighted by molar-refractivity contribution is -0.0566. The number of nitrogens with zero attached hydrogens (tertiary/aromatic N) is 4. The number of aliphatic hydroxyl groups excluding tert-OH is 2. The minimum absolute atomic E-state index is 0.145. The van der Waals surface area contributed by atoms with Crippen LogP contribution >= 0.6 is 11.6 Å². The van der Waals surface area contributed by atoms with Gasteiger partial charge in [0.05, 0.1) is 12.9 Å². The van der Waals surface area contributed by atoms with Crippen molar-refractivity contribution in [2.75, 3.05) is 6.61 Å². The molecule has 1 saturated heterocycles. The predicted octanol–water partition coefficient (Wildman–Crippen LogP) is 0.458. The zero-order chi connectivity index (χ0) is 14.5. The highest BCUT2D eigenvalue weighted by atomic mass is 35.5. The van der Waals surface area contributed by atoms with Crippen LogP contribution in [0.5, 0.6) is 0 Å². The van der Waals surface area contributed by atoms with Gasteiger partial charge in [-0.2, -0.15) is 0 Å². The van der Waals surface area contributed by atoms with Gasteiger partial charge in [0.25, 0.3) is 0 Å². The van der Waals surface area contributed by atoms with Gasteiger partial charge in [-0.1, -0.05) is 11.6 Å². The van der Waals surface area contributed by atoms with E-state index >= 15 is 0 Å². The van der Waals surface area contributed by atoms with Crippen molar-refractivity contribution in [1.82, 2.24) is 19.5 Å². The second-order valence-electron chi connectivity index (χ2n) is 4.79. The largest absolute Gasteiger partial charge is 0.394 e. The number of hydrogen-bond donors (Lipinski definition) is 2. The van der Waals surface area contributed by atoms with Crippen LogP contribution in [0, 0.1) is 0 Å². The molecule has 0 spiro atoms. The monoisotopic (exact) mass is 302 g/mol. The molecule has 0 aliphatic carbocycles. The second-order valence-corrected chi connectivity index (χ2v) is 5.15. The number of rotatable bonds is 2. The number of ether oxygens (including phenoxy) is 1. The highest BCUT2D eigenvalue weighted by Gasteiger charge is 2.55. The number of hydrogen-bond acceptors (Lipinski definition) is 6. The van der Waals surface area contributed by atoms with Gasteiger partial charge in [-0.3, -0.25) is 4.57 Å². The first-order valence-corrected chi connectivity index (χ1v) is 6.31. The molecule has 7 nitrogen and oxygen atoms in total. The molecular formula is C11H12ClFN4O3. The third-order valence-electron chi connectivity index (χ3n) is 3.46. The number of alkyl halides is 1. The Morgan fingerprint density at radius 2 is 2.25 bits per heavy atom. The fraction of sp³-hybridized carbons (Fsp3) is 0.545. The van der Waals surface area contributed by atoms with Crippen molar-refractivity contribution in [3.8, 4) is 0 Å². The van der Waals surface area contributed by atoms with E-state index in [9.17, 15) is 9.50 Å². The number of imidazole rings is 1. The van der Waals surface area contributed by atoms with Gasteiger partial charge in [0.1, 0.15) is 24.1 Å². The zero-order valence-corrected chi connectivity index (χ0v) is 11.2. The molecule has 2 aromatic heterocycles. The molecule has 0 bridgehead atoms. The first kappa shape index (κ1) is 13.6. The van der Waals surface area contributed by atoms with E-state index in [0.717, 1.165) is 0 Å².